The molecule has 0 spiro atoms. The monoisotopic (exact) mass is 352 g/mol. The zero-order valence-corrected chi connectivity index (χ0v) is 13.6. The van der Waals surface area contributed by atoms with Gasteiger partial charge in [0.15, 0.2) is 0 Å². The summed E-state index contributed by atoms with van der Waals surface area (Å²) >= 11 is 0. The molecule has 0 bridgehead atoms. The van der Waals surface area contributed by atoms with E-state index in [-0.39, 0.29) is 12.6 Å². The minimum absolute atomic E-state index is 0.131. The molecule has 0 aliphatic carbocycles. The van der Waals surface area contributed by atoms with E-state index in [1.165, 1.54) is 6.20 Å². The summed E-state index contributed by atoms with van der Waals surface area (Å²) in [6, 6.07) is 15.9. The standard InChI is InChI=1S/C18H16N4O4/c19-16-20-10-15(22(16)18(24)25)13-7-4-8-14(9-13)21-17(23)26-11-12-5-2-1-3-6-12/h1-10H,11H2,(H2,19,20)(H,21,23)(H,24,25). The van der Waals surface area contributed by atoms with Crippen molar-refractivity contribution in [3.63, 3.8) is 0 Å². The molecule has 132 valence electrons. The highest BCUT2D eigenvalue weighted by atomic mass is 16.5. The van der Waals surface area contributed by atoms with Crippen molar-refractivity contribution in [1.82, 2.24) is 9.55 Å². The van der Waals surface area contributed by atoms with E-state index in [2.05, 4.69) is 10.3 Å². The fourth-order valence-electron chi connectivity index (χ4n) is 2.40. The second kappa shape index (κ2) is 7.39. The maximum Gasteiger partial charge on any atom is 0.418 e. The average molecular weight is 352 g/mol. The Kier molecular flexibility index (Phi) is 4.84. The zero-order chi connectivity index (χ0) is 18.5. The largest absolute Gasteiger partial charge is 0.464 e. The number of imidazole rings is 1. The van der Waals surface area contributed by atoms with Gasteiger partial charge in [0.1, 0.15) is 6.61 Å². The Balaban J connectivity index is 1.72. The molecule has 3 rings (SSSR count). The normalized spacial score (nSPS) is 10.3. The molecule has 0 radical (unpaired) electrons. The van der Waals surface area contributed by atoms with E-state index in [1.807, 2.05) is 30.3 Å². The Morgan fingerprint density at radius 2 is 1.92 bits per heavy atom. The van der Waals surface area contributed by atoms with Crippen LogP contribution in [0.2, 0.25) is 0 Å². The van der Waals surface area contributed by atoms with Gasteiger partial charge in [-0.25, -0.2) is 19.1 Å². The van der Waals surface area contributed by atoms with Crippen LogP contribution < -0.4 is 11.1 Å². The summed E-state index contributed by atoms with van der Waals surface area (Å²) in [5, 5.41) is 11.9. The number of carbonyl (C=O) groups excluding carboxylic acids is 1. The Hall–Kier alpha value is -3.81. The predicted octanol–water partition coefficient (Wildman–Crippen LogP) is 3.41. The van der Waals surface area contributed by atoms with Crippen LogP contribution in [0, 0.1) is 0 Å². The number of nitrogen functional groups attached to an aromatic ring is 1. The first-order valence-corrected chi connectivity index (χ1v) is 7.69. The van der Waals surface area contributed by atoms with E-state index < -0.39 is 12.2 Å². The van der Waals surface area contributed by atoms with Gasteiger partial charge in [-0.1, -0.05) is 42.5 Å². The minimum Gasteiger partial charge on any atom is -0.464 e. The van der Waals surface area contributed by atoms with Crippen LogP contribution in [-0.4, -0.2) is 26.8 Å². The van der Waals surface area contributed by atoms with Gasteiger partial charge < -0.3 is 15.6 Å². The first-order chi connectivity index (χ1) is 12.5. The number of anilines is 2. The molecule has 3 aromatic rings. The predicted molar refractivity (Wildman–Crippen MR) is 95.7 cm³/mol. The third-order valence-corrected chi connectivity index (χ3v) is 3.60. The van der Waals surface area contributed by atoms with Crippen molar-refractivity contribution >= 4 is 23.8 Å². The van der Waals surface area contributed by atoms with Crippen LogP contribution in [0.5, 0.6) is 0 Å². The van der Waals surface area contributed by atoms with Gasteiger partial charge in [0, 0.05) is 11.3 Å². The second-order valence-corrected chi connectivity index (χ2v) is 5.39. The van der Waals surface area contributed by atoms with Crippen molar-refractivity contribution in [2.24, 2.45) is 0 Å². The maximum atomic E-state index is 11.9. The van der Waals surface area contributed by atoms with Crippen LogP contribution in [0.25, 0.3) is 11.3 Å². The number of carbonyl (C=O) groups is 2. The summed E-state index contributed by atoms with van der Waals surface area (Å²) in [5.74, 6) is -0.131. The molecule has 2 aromatic carbocycles. The lowest BCUT2D eigenvalue weighted by Gasteiger charge is -2.09. The number of benzene rings is 2. The summed E-state index contributed by atoms with van der Waals surface area (Å²) in [5.41, 5.74) is 7.74. The van der Waals surface area contributed by atoms with Crippen molar-refractivity contribution in [2.75, 3.05) is 11.1 Å². The molecule has 0 aliphatic rings. The van der Waals surface area contributed by atoms with Crippen LogP contribution >= 0.6 is 0 Å². The summed E-state index contributed by atoms with van der Waals surface area (Å²) in [6.07, 6.45) is -0.496. The number of nitrogens with one attached hydrogen (secondary N) is 1. The van der Waals surface area contributed by atoms with Crippen molar-refractivity contribution in [3.8, 4) is 11.3 Å². The van der Waals surface area contributed by atoms with E-state index >= 15 is 0 Å². The molecule has 1 heterocycles. The minimum atomic E-state index is -1.24. The van der Waals surface area contributed by atoms with E-state index in [4.69, 9.17) is 10.5 Å². The van der Waals surface area contributed by atoms with Gasteiger partial charge >= 0.3 is 12.2 Å². The fourth-order valence-corrected chi connectivity index (χ4v) is 2.40. The summed E-state index contributed by atoms with van der Waals surface area (Å²) < 4.78 is 6.03. The van der Waals surface area contributed by atoms with Gasteiger partial charge in [-0.05, 0) is 17.7 Å². The van der Waals surface area contributed by atoms with Crippen LogP contribution in [0.3, 0.4) is 0 Å². The van der Waals surface area contributed by atoms with Crippen molar-refractivity contribution < 1.29 is 19.4 Å². The number of hydrogen-bond acceptors (Lipinski definition) is 5. The molecule has 0 saturated carbocycles. The SMILES string of the molecule is Nc1ncc(-c2cccc(NC(=O)OCc3ccccc3)c2)n1C(=O)O. The number of nitrogens with two attached hydrogens (primary N) is 1. The van der Waals surface area contributed by atoms with Gasteiger partial charge in [-0.2, -0.15) is 0 Å². The number of amides is 1. The van der Waals surface area contributed by atoms with E-state index in [0.717, 1.165) is 10.1 Å². The first-order valence-electron chi connectivity index (χ1n) is 7.69. The lowest BCUT2D eigenvalue weighted by atomic mass is 10.1. The van der Waals surface area contributed by atoms with E-state index in [1.54, 1.807) is 24.3 Å². The lowest BCUT2D eigenvalue weighted by Crippen LogP contribution is -2.14. The van der Waals surface area contributed by atoms with E-state index in [0.29, 0.717) is 16.9 Å². The summed E-state index contributed by atoms with van der Waals surface area (Å²) in [4.78, 5) is 27.1. The van der Waals surface area contributed by atoms with Crippen LogP contribution in [0.15, 0.2) is 60.8 Å². The van der Waals surface area contributed by atoms with Crippen molar-refractivity contribution in [3.05, 3.63) is 66.4 Å². The molecule has 4 N–H and O–H groups in total. The van der Waals surface area contributed by atoms with E-state index in [9.17, 15) is 14.7 Å². The van der Waals surface area contributed by atoms with Gasteiger partial charge in [0.25, 0.3) is 0 Å². The summed E-state index contributed by atoms with van der Waals surface area (Å²) in [6.45, 7) is 0.148. The average Bonchev–Trinajstić information content (AvgIpc) is 3.03. The molecule has 0 aliphatic heterocycles. The zero-order valence-electron chi connectivity index (χ0n) is 13.6. The maximum absolute atomic E-state index is 11.9. The van der Waals surface area contributed by atoms with Crippen LogP contribution in [0.4, 0.5) is 21.2 Å². The molecule has 0 unspecified atom stereocenters. The van der Waals surface area contributed by atoms with Gasteiger partial charge in [0.2, 0.25) is 5.95 Å². The molecular weight excluding hydrogens is 336 g/mol. The molecule has 0 saturated heterocycles. The number of nitrogens with zero attached hydrogens (tertiary/aromatic N) is 2. The van der Waals surface area contributed by atoms with Gasteiger partial charge in [-0.15, -0.1) is 0 Å². The Morgan fingerprint density at radius 1 is 1.15 bits per heavy atom. The fraction of sp³-hybridized carbons (Fsp3) is 0.0556. The Morgan fingerprint density at radius 3 is 2.65 bits per heavy atom. The molecular formula is C18H16N4O4. The number of aromatic nitrogens is 2. The molecule has 0 atom stereocenters. The third-order valence-electron chi connectivity index (χ3n) is 3.60. The highest BCUT2D eigenvalue weighted by molar-refractivity contribution is 5.86. The number of rotatable bonds is 4. The quantitative estimate of drug-likeness (QED) is 0.662. The van der Waals surface area contributed by atoms with Crippen molar-refractivity contribution in [1.29, 1.82) is 0 Å². The number of ether oxygens (including phenoxy) is 1. The molecule has 1 amide bonds. The second-order valence-electron chi connectivity index (χ2n) is 5.39. The van der Waals surface area contributed by atoms with Gasteiger partial charge in [-0.3, -0.25) is 5.32 Å². The first kappa shape index (κ1) is 17.0. The molecule has 26 heavy (non-hydrogen) atoms. The smallest absolute Gasteiger partial charge is 0.418 e. The molecule has 8 nitrogen and oxygen atoms in total. The third kappa shape index (κ3) is 3.81. The summed E-state index contributed by atoms with van der Waals surface area (Å²) in [7, 11) is 0. The van der Waals surface area contributed by atoms with Crippen LogP contribution in [-0.2, 0) is 11.3 Å². The number of hydrogen-bond donors (Lipinski definition) is 3. The Labute approximate surface area is 148 Å². The topological polar surface area (TPSA) is 119 Å². The highest BCUT2D eigenvalue weighted by Gasteiger charge is 2.15. The van der Waals surface area contributed by atoms with Crippen LogP contribution in [0.1, 0.15) is 5.56 Å². The van der Waals surface area contributed by atoms with Gasteiger partial charge in [0.05, 0.1) is 11.9 Å². The molecule has 0 fully saturated rings. The lowest BCUT2D eigenvalue weighted by molar-refractivity contribution is 0.155. The Bertz CT molecular complexity index is 937. The highest BCUT2D eigenvalue weighted by Crippen LogP contribution is 2.24. The number of carboxylic acid groups (broad SMARTS) is 1. The van der Waals surface area contributed by atoms with Crippen molar-refractivity contribution in [2.45, 2.75) is 6.61 Å². The molecule has 8 heteroatoms. The molecule has 1 aromatic heterocycles.